The molecule has 0 spiro atoms. The lowest BCUT2D eigenvalue weighted by atomic mass is 9.96. The van der Waals surface area contributed by atoms with E-state index in [1.54, 1.807) is 18.3 Å². The molecule has 2 heterocycles. The van der Waals surface area contributed by atoms with Gasteiger partial charge in [-0.3, -0.25) is 4.79 Å². The van der Waals surface area contributed by atoms with Gasteiger partial charge >= 0.3 is 5.97 Å². The lowest BCUT2D eigenvalue weighted by molar-refractivity contribution is -0.151. The Labute approximate surface area is 127 Å². The summed E-state index contributed by atoms with van der Waals surface area (Å²) in [4.78, 5) is 29.1. The summed E-state index contributed by atoms with van der Waals surface area (Å²) >= 11 is 0. The molecule has 0 saturated carbocycles. The van der Waals surface area contributed by atoms with E-state index >= 15 is 0 Å². The van der Waals surface area contributed by atoms with E-state index in [0.29, 0.717) is 24.9 Å². The number of hydrogen-bond donors (Lipinski definition) is 2. The summed E-state index contributed by atoms with van der Waals surface area (Å²) < 4.78 is 5.08. The van der Waals surface area contributed by atoms with Crippen LogP contribution in [0.5, 0.6) is 0 Å². The quantitative estimate of drug-likeness (QED) is 0.903. The van der Waals surface area contributed by atoms with Crippen molar-refractivity contribution in [3.05, 3.63) is 36.0 Å². The fourth-order valence-electron chi connectivity index (χ4n) is 3.19. The number of methoxy groups -OCH3 is 1. The van der Waals surface area contributed by atoms with Crippen LogP contribution in [-0.2, 0) is 9.53 Å². The molecular weight excluding hydrogens is 284 g/mol. The molecule has 1 atom stereocenters. The zero-order valence-corrected chi connectivity index (χ0v) is 12.3. The van der Waals surface area contributed by atoms with Gasteiger partial charge in [0, 0.05) is 36.3 Å². The van der Waals surface area contributed by atoms with E-state index in [1.807, 2.05) is 12.1 Å². The van der Waals surface area contributed by atoms with Crippen molar-refractivity contribution < 1.29 is 19.4 Å². The minimum Gasteiger partial charge on any atom is -0.479 e. The molecule has 1 aromatic carbocycles. The number of aromatic nitrogens is 1. The molecule has 1 fully saturated rings. The number of H-pyrrole nitrogens is 1. The molecule has 116 valence electrons. The van der Waals surface area contributed by atoms with Crippen LogP contribution in [0.3, 0.4) is 0 Å². The van der Waals surface area contributed by atoms with Crippen molar-refractivity contribution in [3.63, 3.8) is 0 Å². The van der Waals surface area contributed by atoms with Gasteiger partial charge in [-0.25, -0.2) is 4.79 Å². The summed E-state index contributed by atoms with van der Waals surface area (Å²) in [5.74, 6) is -1.28. The Morgan fingerprint density at radius 2 is 2.23 bits per heavy atom. The minimum absolute atomic E-state index is 0.000469. The van der Waals surface area contributed by atoms with E-state index in [9.17, 15) is 14.7 Å². The van der Waals surface area contributed by atoms with Crippen molar-refractivity contribution in [1.29, 1.82) is 0 Å². The average Bonchev–Trinajstić information content (AvgIpc) is 3.13. The topological polar surface area (TPSA) is 82.6 Å². The summed E-state index contributed by atoms with van der Waals surface area (Å²) in [7, 11) is 1.46. The van der Waals surface area contributed by atoms with Gasteiger partial charge in [-0.15, -0.1) is 0 Å². The van der Waals surface area contributed by atoms with Gasteiger partial charge in [0.25, 0.3) is 5.91 Å². The average molecular weight is 302 g/mol. The zero-order valence-electron chi connectivity index (χ0n) is 12.3. The van der Waals surface area contributed by atoms with E-state index < -0.39 is 11.5 Å². The first-order chi connectivity index (χ1) is 10.6. The van der Waals surface area contributed by atoms with Gasteiger partial charge in [-0.2, -0.15) is 0 Å². The molecule has 1 saturated heterocycles. The van der Waals surface area contributed by atoms with Crippen LogP contribution < -0.4 is 0 Å². The van der Waals surface area contributed by atoms with Crippen molar-refractivity contribution in [2.24, 2.45) is 0 Å². The number of carbonyl (C=O) groups excluding carboxylic acids is 1. The summed E-state index contributed by atoms with van der Waals surface area (Å²) in [6.45, 7) is 0.431. The van der Waals surface area contributed by atoms with Crippen LogP contribution >= 0.6 is 0 Å². The van der Waals surface area contributed by atoms with Gasteiger partial charge in [0.1, 0.15) is 0 Å². The first-order valence-electron chi connectivity index (χ1n) is 7.20. The summed E-state index contributed by atoms with van der Waals surface area (Å²) in [5, 5.41) is 10.5. The Morgan fingerprint density at radius 1 is 1.41 bits per heavy atom. The molecule has 1 aliphatic rings. The molecule has 0 aliphatic carbocycles. The molecule has 22 heavy (non-hydrogen) atoms. The van der Waals surface area contributed by atoms with Crippen molar-refractivity contribution in [1.82, 2.24) is 9.88 Å². The fraction of sp³-hybridized carbons (Fsp3) is 0.375. The highest BCUT2D eigenvalue weighted by molar-refractivity contribution is 6.01. The van der Waals surface area contributed by atoms with Crippen molar-refractivity contribution >= 4 is 22.8 Å². The number of benzene rings is 1. The Balaban J connectivity index is 1.97. The second-order valence-electron chi connectivity index (χ2n) is 5.61. The highest BCUT2D eigenvalue weighted by Crippen LogP contribution is 2.32. The summed E-state index contributed by atoms with van der Waals surface area (Å²) in [6, 6.07) is 7.22. The lowest BCUT2D eigenvalue weighted by Gasteiger charge is -2.34. The largest absolute Gasteiger partial charge is 0.479 e. The second-order valence-corrected chi connectivity index (χ2v) is 5.61. The fourth-order valence-corrected chi connectivity index (χ4v) is 3.19. The number of amides is 1. The number of carboxylic acid groups (broad SMARTS) is 1. The molecule has 1 unspecified atom stereocenters. The third-order valence-electron chi connectivity index (χ3n) is 4.32. The number of rotatable bonds is 4. The Bertz CT molecular complexity index is 724. The third-order valence-corrected chi connectivity index (χ3v) is 4.32. The molecular formula is C16H18N2O4. The molecule has 0 bridgehead atoms. The van der Waals surface area contributed by atoms with Gasteiger partial charge in [-0.05, 0) is 37.1 Å². The number of nitrogens with zero attached hydrogens (tertiary/aromatic N) is 1. The lowest BCUT2D eigenvalue weighted by Crippen LogP contribution is -2.56. The zero-order chi connectivity index (χ0) is 15.7. The molecule has 6 heteroatoms. The van der Waals surface area contributed by atoms with Crippen LogP contribution in [0.4, 0.5) is 0 Å². The number of hydrogen-bond acceptors (Lipinski definition) is 3. The highest BCUT2D eigenvalue weighted by atomic mass is 16.5. The molecule has 3 rings (SSSR count). The maximum Gasteiger partial charge on any atom is 0.332 e. The van der Waals surface area contributed by atoms with Crippen molar-refractivity contribution in [2.75, 3.05) is 20.3 Å². The van der Waals surface area contributed by atoms with E-state index in [2.05, 4.69) is 4.98 Å². The minimum atomic E-state index is -1.26. The molecule has 6 nitrogen and oxygen atoms in total. The van der Waals surface area contributed by atoms with Gasteiger partial charge in [0.2, 0.25) is 0 Å². The van der Waals surface area contributed by atoms with Crippen LogP contribution in [0.1, 0.15) is 23.2 Å². The van der Waals surface area contributed by atoms with E-state index in [1.165, 1.54) is 12.0 Å². The number of nitrogens with one attached hydrogen (secondary N) is 1. The Kier molecular flexibility index (Phi) is 3.62. The monoisotopic (exact) mass is 302 g/mol. The molecule has 1 aromatic heterocycles. The van der Waals surface area contributed by atoms with Gasteiger partial charge < -0.3 is 19.7 Å². The molecule has 2 aromatic rings. The van der Waals surface area contributed by atoms with E-state index in [4.69, 9.17) is 4.74 Å². The van der Waals surface area contributed by atoms with Crippen molar-refractivity contribution in [3.8, 4) is 0 Å². The predicted molar refractivity (Wildman–Crippen MR) is 80.8 cm³/mol. The molecule has 1 aliphatic heterocycles. The van der Waals surface area contributed by atoms with Crippen LogP contribution in [-0.4, -0.2) is 52.7 Å². The van der Waals surface area contributed by atoms with Crippen LogP contribution in [0.2, 0.25) is 0 Å². The first-order valence-corrected chi connectivity index (χ1v) is 7.20. The number of carboxylic acids is 1. The van der Waals surface area contributed by atoms with Crippen LogP contribution in [0, 0.1) is 0 Å². The highest BCUT2D eigenvalue weighted by Gasteiger charge is 2.50. The standard InChI is InChI=1S/C16H18N2O4/c1-22-10-16(15(20)21)6-2-8-18(16)14(19)12-3-4-13-11(9-12)5-7-17-13/h3-5,7,9,17H,2,6,8,10H2,1H3,(H,20,21). The first kappa shape index (κ1) is 14.6. The second kappa shape index (κ2) is 5.46. The summed E-state index contributed by atoms with van der Waals surface area (Å²) in [5.41, 5.74) is 0.175. The Morgan fingerprint density at radius 3 is 2.95 bits per heavy atom. The molecule has 2 N–H and O–H groups in total. The van der Waals surface area contributed by atoms with Gasteiger partial charge in [-0.1, -0.05) is 0 Å². The number of fused-ring (bicyclic) bond motifs is 1. The Hall–Kier alpha value is -2.34. The number of aromatic amines is 1. The number of ether oxygens (including phenoxy) is 1. The number of likely N-dealkylation sites (tertiary alicyclic amines) is 1. The smallest absolute Gasteiger partial charge is 0.332 e. The normalized spacial score (nSPS) is 21.4. The van der Waals surface area contributed by atoms with Crippen LogP contribution in [0.25, 0.3) is 10.9 Å². The van der Waals surface area contributed by atoms with Crippen LogP contribution in [0.15, 0.2) is 30.5 Å². The number of aliphatic carboxylic acids is 1. The third kappa shape index (κ3) is 2.16. The van der Waals surface area contributed by atoms with E-state index in [0.717, 1.165) is 10.9 Å². The van der Waals surface area contributed by atoms with Crippen molar-refractivity contribution in [2.45, 2.75) is 18.4 Å². The summed E-state index contributed by atoms with van der Waals surface area (Å²) in [6.07, 6.45) is 2.88. The van der Waals surface area contributed by atoms with Gasteiger partial charge in [0.05, 0.1) is 6.61 Å². The maximum atomic E-state index is 12.8. The van der Waals surface area contributed by atoms with E-state index in [-0.39, 0.29) is 12.5 Å². The predicted octanol–water partition coefficient (Wildman–Crippen LogP) is 1.87. The molecule has 0 radical (unpaired) electrons. The molecule has 1 amide bonds. The maximum absolute atomic E-state index is 12.8. The van der Waals surface area contributed by atoms with Gasteiger partial charge in [0.15, 0.2) is 5.54 Å². The SMILES string of the molecule is COCC1(C(=O)O)CCCN1C(=O)c1ccc2[nH]ccc2c1. The number of carbonyl (C=O) groups is 2.